The molecule has 0 N–H and O–H groups in total. The predicted molar refractivity (Wildman–Crippen MR) is 55.1 cm³/mol. The molecule has 0 heterocycles. The second-order valence-corrected chi connectivity index (χ2v) is 3.10. The Balaban J connectivity index is 2.78. The number of benzene rings is 1. The molecule has 0 atom stereocenters. The molecule has 0 saturated heterocycles. The summed E-state index contributed by atoms with van der Waals surface area (Å²) in [6.07, 6.45) is 4.02. The zero-order valence-corrected chi connectivity index (χ0v) is 8.51. The van der Waals surface area contributed by atoms with E-state index in [2.05, 4.69) is 4.89 Å². The molecule has 0 aliphatic rings. The van der Waals surface area contributed by atoms with Crippen LogP contribution >= 0.6 is 12.0 Å². The van der Waals surface area contributed by atoms with Gasteiger partial charge in [-0.05, 0) is 18.6 Å². The minimum Gasteiger partial charge on any atom is -0.227 e. The van der Waals surface area contributed by atoms with E-state index in [9.17, 15) is 0 Å². The van der Waals surface area contributed by atoms with Crippen molar-refractivity contribution >= 4 is 18.1 Å². The van der Waals surface area contributed by atoms with Crippen molar-refractivity contribution in [1.29, 1.82) is 0 Å². The average Bonchev–Trinajstić information content (AvgIpc) is 2.17. The third-order valence-electron chi connectivity index (χ3n) is 1.46. The summed E-state index contributed by atoms with van der Waals surface area (Å²) in [6.45, 7) is 1.98. The molecule has 0 aliphatic heterocycles. The molecular weight excluding hydrogens is 184 g/mol. The van der Waals surface area contributed by atoms with Crippen molar-refractivity contribution in [3.8, 4) is 0 Å². The van der Waals surface area contributed by atoms with E-state index < -0.39 is 0 Å². The lowest BCUT2D eigenvalue weighted by atomic mass is 10.2. The van der Waals surface area contributed by atoms with Crippen LogP contribution in [0.2, 0.25) is 0 Å². The molecule has 0 spiro atoms. The van der Waals surface area contributed by atoms with Crippen molar-refractivity contribution in [3.63, 3.8) is 0 Å². The topological polar surface area (TPSA) is 18.5 Å². The molecule has 1 rings (SSSR count). The van der Waals surface area contributed by atoms with Gasteiger partial charge in [-0.25, -0.2) is 4.89 Å². The Labute approximate surface area is 82.7 Å². The summed E-state index contributed by atoms with van der Waals surface area (Å²) >= 11 is 1.21. The van der Waals surface area contributed by atoms with Gasteiger partial charge in [0.25, 0.3) is 0 Å². The number of hydrogen-bond donors (Lipinski definition) is 0. The molecule has 0 aliphatic carbocycles. The number of rotatable bonds is 4. The van der Waals surface area contributed by atoms with E-state index in [1.165, 1.54) is 19.2 Å². The van der Waals surface area contributed by atoms with Gasteiger partial charge in [-0.1, -0.05) is 30.4 Å². The van der Waals surface area contributed by atoms with Gasteiger partial charge in [0.1, 0.15) is 0 Å². The molecule has 0 saturated carbocycles. The summed E-state index contributed by atoms with van der Waals surface area (Å²) in [5, 5.41) is 0. The standard InChI is InChI=1S/C10H12O2S/c1-3-6-9-7-4-5-8-10(9)13-12-11-2/h3-8H,1-2H3/b6-3+. The van der Waals surface area contributed by atoms with Gasteiger partial charge in [-0.15, -0.1) is 0 Å². The monoisotopic (exact) mass is 196 g/mol. The summed E-state index contributed by atoms with van der Waals surface area (Å²) in [7, 11) is 1.49. The second kappa shape index (κ2) is 5.80. The first-order chi connectivity index (χ1) is 6.38. The van der Waals surface area contributed by atoms with Crippen LogP contribution < -0.4 is 0 Å². The van der Waals surface area contributed by atoms with Crippen molar-refractivity contribution in [3.05, 3.63) is 35.9 Å². The Morgan fingerprint density at radius 1 is 1.31 bits per heavy atom. The van der Waals surface area contributed by atoms with Crippen LogP contribution in [-0.2, 0) is 9.22 Å². The fourth-order valence-corrected chi connectivity index (χ4v) is 1.45. The first-order valence-corrected chi connectivity index (χ1v) is 4.71. The van der Waals surface area contributed by atoms with Gasteiger partial charge >= 0.3 is 0 Å². The molecule has 3 heteroatoms. The van der Waals surface area contributed by atoms with Crippen LogP contribution in [0.5, 0.6) is 0 Å². The third kappa shape index (κ3) is 3.22. The van der Waals surface area contributed by atoms with Gasteiger partial charge in [0.05, 0.1) is 19.2 Å². The molecule has 0 fully saturated rings. The maximum absolute atomic E-state index is 4.79. The van der Waals surface area contributed by atoms with Crippen molar-refractivity contribution in [2.45, 2.75) is 11.8 Å². The number of allylic oxidation sites excluding steroid dienone is 1. The van der Waals surface area contributed by atoms with E-state index in [-0.39, 0.29) is 0 Å². The molecule has 0 unspecified atom stereocenters. The lowest BCUT2D eigenvalue weighted by Crippen LogP contribution is -1.81. The van der Waals surface area contributed by atoms with E-state index in [0.29, 0.717) is 0 Å². The lowest BCUT2D eigenvalue weighted by Gasteiger charge is -2.02. The fraction of sp³-hybridized carbons (Fsp3) is 0.200. The number of hydrogen-bond acceptors (Lipinski definition) is 3. The van der Waals surface area contributed by atoms with Gasteiger partial charge in [0, 0.05) is 4.90 Å². The molecule has 0 radical (unpaired) electrons. The quantitative estimate of drug-likeness (QED) is 0.418. The van der Waals surface area contributed by atoms with Crippen molar-refractivity contribution < 1.29 is 9.22 Å². The lowest BCUT2D eigenvalue weighted by molar-refractivity contribution is -0.160. The van der Waals surface area contributed by atoms with Crippen LogP contribution in [0.1, 0.15) is 12.5 Å². The molecule has 0 bridgehead atoms. The molecule has 70 valence electrons. The molecule has 0 aromatic heterocycles. The minimum absolute atomic E-state index is 1.04. The summed E-state index contributed by atoms with van der Waals surface area (Å²) < 4.78 is 4.79. The SMILES string of the molecule is C/C=C/c1ccccc1SOOC. The molecular formula is C10H12O2S. The Morgan fingerprint density at radius 2 is 2.08 bits per heavy atom. The maximum atomic E-state index is 4.79. The smallest absolute Gasteiger partial charge is 0.0725 e. The molecule has 0 amide bonds. The van der Waals surface area contributed by atoms with Gasteiger partial charge in [0.15, 0.2) is 0 Å². The van der Waals surface area contributed by atoms with Crippen LogP contribution in [0.15, 0.2) is 35.2 Å². The van der Waals surface area contributed by atoms with Crippen LogP contribution in [0, 0.1) is 0 Å². The Morgan fingerprint density at radius 3 is 2.77 bits per heavy atom. The Hall–Kier alpha value is -0.770. The van der Waals surface area contributed by atoms with Crippen LogP contribution in [0.25, 0.3) is 6.08 Å². The molecule has 2 nitrogen and oxygen atoms in total. The predicted octanol–water partition coefficient (Wildman–Crippen LogP) is 3.30. The van der Waals surface area contributed by atoms with E-state index in [1.54, 1.807) is 0 Å². The third-order valence-corrected chi connectivity index (χ3v) is 2.21. The minimum atomic E-state index is 1.04. The van der Waals surface area contributed by atoms with Gasteiger partial charge in [0.2, 0.25) is 0 Å². The maximum Gasteiger partial charge on any atom is 0.0725 e. The summed E-state index contributed by atoms with van der Waals surface area (Å²) in [6, 6.07) is 7.97. The highest BCUT2D eigenvalue weighted by molar-refractivity contribution is 7.94. The molecule has 1 aromatic carbocycles. The Bertz CT molecular complexity index is 284. The van der Waals surface area contributed by atoms with E-state index in [4.69, 9.17) is 4.33 Å². The van der Waals surface area contributed by atoms with Crippen LogP contribution in [0.3, 0.4) is 0 Å². The zero-order chi connectivity index (χ0) is 9.52. The van der Waals surface area contributed by atoms with E-state index in [1.807, 2.05) is 43.3 Å². The fourth-order valence-electron chi connectivity index (χ4n) is 0.944. The van der Waals surface area contributed by atoms with Crippen molar-refractivity contribution in [2.24, 2.45) is 0 Å². The zero-order valence-electron chi connectivity index (χ0n) is 7.69. The second-order valence-electron chi connectivity index (χ2n) is 2.36. The Kier molecular flexibility index (Phi) is 4.60. The average molecular weight is 196 g/mol. The van der Waals surface area contributed by atoms with Crippen molar-refractivity contribution in [2.75, 3.05) is 7.11 Å². The summed E-state index contributed by atoms with van der Waals surface area (Å²) in [4.78, 5) is 5.56. The molecule has 13 heavy (non-hydrogen) atoms. The molecule has 1 aromatic rings. The largest absolute Gasteiger partial charge is 0.227 e. The summed E-state index contributed by atoms with van der Waals surface area (Å²) in [5.74, 6) is 0. The van der Waals surface area contributed by atoms with Crippen LogP contribution in [-0.4, -0.2) is 7.11 Å². The highest BCUT2D eigenvalue weighted by atomic mass is 32.2. The first kappa shape index (κ1) is 10.3. The van der Waals surface area contributed by atoms with Gasteiger partial charge in [-0.2, -0.15) is 4.33 Å². The van der Waals surface area contributed by atoms with E-state index >= 15 is 0 Å². The van der Waals surface area contributed by atoms with Crippen molar-refractivity contribution in [1.82, 2.24) is 0 Å². The van der Waals surface area contributed by atoms with Gasteiger partial charge < -0.3 is 0 Å². The van der Waals surface area contributed by atoms with E-state index in [0.717, 1.165) is 10.5 Å². The van der Waals surface area contributed by atoms with Gasteiger partial charge in [-0.3, -0.25) is 0 Å². The van der Waals surface area contributed by atoms with Crippen LogP contribution in [0.4, 0.5) is 0 Å². The highest BCUT2D eigenvalue weighted by Crippen LogP contribution is 2.24. The highest BCUT2D eigenvalue weighted by Gasteiger charge is 1.99. The first-order valence-electron chi connectivity index (χ1n) is 3.97. The normalized spacial score (nSPS) is 10.9. The summed E-state index contributed by atoms with van der Waals surface area (Å²) in [5.41, 5.74) is 1.13.